The standard InChI is InChI=1S/C15H12F4O/c1-8-4-11(16)3-2-9(8)7-14(20)10-5-12(17)15(19)13(18)6-10/h2-6,14,20H,7H2,1H3. The van der Waals surface area contributed by atoms with Crippen molar-refractivity contribution in [1.82, 2.24) is 0 Å². The molecule has 0 aliphatic rings. The van der Waals surface area contributed by atoms with Gasteiger partial charge in [-0.25, -0.2) is 17.6 Å². The Kier molecular flexibility index (Phi) is 4.09. The largest absolute Gasteiger partial charge is 0.388 e. The summed E-state index contributed by atoms with van der Waals surface area (Å²) in [5, 5.41) is 9.96. The van der Waals surface area contributed by atoms with Gasteiger partial charge >= 0.3 is 0 Å². The molecule has 0 amide bonds. The van der Waals surface area contributed by atoms with Gasteiger partial charge in [0.05, 0.1) is 6.10 Å². The van der Waals surface area contributed by atoms with E-state index >= 15 is 0 Å². The average molecular weight is 284 g/mol. The Morgan fingerprint density at radius 3 is 2.15 bits per heavy atom. The van der Waals surface area contributed by atoms with E-state index in [2.05, 4.69) is 0 Å². The Hall–Kier alpha value is -1.88. The molecule has 2 aromatic rings. The van der Waals surface area contributed by atoms with E-state index in [0.29, 0.717) is 11.1 Å². The molecular weight excluding hydrogens is 272 g/mol. The Morgan fingerprint density at radius 1 is 1.00 bits per heavy atom. The predicted octanol–water partition coefficient (Wildman–Crippen LogP) is 3.83. The van der Waals surface area contributed by atoms with Gasteiger partial charge in [-0.2, -0.15) is 0 Å². The molecule has 1 atom stereocenters. The molecule has 1 N–H and O–H groups in total. The highest BCUT2D eigenvalue weighted by molar-refractivity contribution is 5.29. The zero-order valence-electron chi connectivity index (χ0n) is 10.6. The zero-order valence-corrected chi connectivity index (χ0v) is 10.6. The quantitative estimate of drug-likeness (QED) is 0.671. The van der Waals surface area contributed by atoms with Crippen molar-refractivity contribution in [2.24, 2.45) is 0 Å². The maximum atomic E-state index is 13.1. The van der Waals surface area contributed by atoms with Gasteiger partial charge in [0.15, 0.2) is 17.5 Å². The average Bonchev–Trinajstić information content (AvgIpc) is 2.38. The van der Waals surface area contributed by atoms with E-state index in [4.69, 9.17) is 0 Å². The smallest absolute Gasteiger partial charge is 0.194 e. The molecule has 0 spiro atoms. The van der Waals surface area contributed by atoms with Crippen molar-refractivity contribution in [3.63, 3.8) is 0 Å². The van der Waals surface area contributed by atoms with Gasteiger partial charge in [0.25, 0.3) is 0 Å². The minimum atomic E-state index is -1.57. The summed E-state index contributed by atoms with van der Waals surface area (Å²) < 4.78 is 52.0. The minimum absolute atomic E-state index is 0.0522. The highest BCUT2D eigenvalue weighted by atomic mass is 19.2. The van der Waals surface area contributed by atoms with Gasteiger partial charge in [0.2, 0.25) is 0 Å². The zero-order chi connectivity index (χ0) is 14.9. The van der Waals surface area contributed by atoms with Gasteiger partial charge < -0.3 is 5.11 Å². The van der Waals surface area contributed by atoms with Crippen molar-refractivity contribution in [2.45, 2.75) is 19.4 Å². The third-order valence-corrected chi connectivity index (χ3v) is 3.11. The van der Waals surface area contributed by atoms with Crippen LogP contribution in [0.4, 0.5) is 17.6 Å². The first-order chi connectivity index (χ1) is 9.38. The summed E-state index contributed by atoms with van der Waals surface area (Å²) in [4.78, 5) is 0. The molecule has 0 aliphatic heterocycles. The van der Waals surface area contributed by atoms with E-state index in [9.17, 15) is 22.7 Å². The second-order valence-electron chi connectivity index (χ2n) is 4.59. The summed E-state index contributed by atoms with van der Waals surface area (Å²) in [6.07, 6.45) is -1.15. The van der Waals surface area contributed by atoms with Gasteiger partial charge in [-0.15, -0.1) is 0 Å². The summed E-state index contributed by atoms with van der Waals surface area (Å²) in [6, 6.07) is 5.53. The van der Waals surface area contributed by atoms with Gasteiger partial charge in [-0.1, -0.05) is 6.07 Å². The fraction of sp³-hybridized carbons (Fsp3) is 0.200. The lowest BCUT2D eigenvalue weighted by Gasteiger charge is -2.13. The Labute approximate surface area is 113 Å². The normalized spacial score (nSPS) is 12.5. The van der Waals surface area contributed by atoms with Crippen LogP contribution >= 0.6 is 0 Å². The summed E-state index contributed by atoms with van der Waals surface area (Å²) in [6.45, 7) is 1.66. The number of halogens is 4. The summed E-state index contributed by atoms with van der Waals surface area (Å²) in [5.74, 6) is -4.68. The fourth-order valence-corrected chi connectivity index (χ4v) is 1.98. The molecule has 0 fully saturated rings. The molecule has 1 nitrogen and oxygen atoms in total. The van der Waals surface area contributed by atoms with Crippen LogP contribution in [0.3, 0.4) is 0 Å². The maximum absolute atomic E-state index is 13.1. The highest BCUT2D eigenvalue weighted by Crippen LogP contribution is 2.24. The monoisotopic (exact) mass is 284 g/mol. The first kappa shape index (κ1) is 14.5. The summed E-state index contributed by atoms with van der Waals surface area (Å²) >= 11 is 0. The van der Waals surface area contributed by atoms with Crippen LogP contribution in [0.15, 0.2) is 30.3 Å². The second-order valence-corrected chi connectivity index (χ2v) is 4.59. The van der Waals surface area contributed by atoms with Crippen molar-refractivity contribution in [2.75, 3.05) is 0 Å². The third kappa shape index (κ3) is 2.99. The van der Waals surface area contributed by atoms with Crippen LogP contribution in [0.2, 0.25) is 0 Å². The number of aliphatic hydroxyl groups is 1. The molecule has 106 valence electrons. The number of hydrogen-bond donors (Lipinski definition) is 1. The molecule has 0 bridgehead atoms. The van der Waals surface area contributed by atoms with E-state index in [-0.39, 0.29) is 12.0 Å². The van der Waals surface area contributed by atoms with Crippen molar-refractivity contribution in [3.8, 4) is 0 Å². The van der Waals surface area contributed by atoms with Gasteiger partial charge in [0, 0.05) is 6.42 Å². The van der Waals surface area contributed by atoms with Crippen LogP contribution < -0.4 is 0 Å². The van der Waals surface area contributed by atoms with Gasteiger partial charge in [-0.3, -0.25) is 0 Å². The lowest BCUT2D eigenvalue weighted by atomic mass is 9.98. The van der Waals surface area contributed by atoms with Gasteiger partial charge in [0.1, 0.15) is 5.82 Å². The minimum Gasteiger partial charge on any atom is -0.388 e. The number of aryl methyl sites for hydroxylation is 1. The number of hydrogen-bond acceptors (Lipinski definition) is 1. The summed E-state index contributed by atoms with van der Waals surface area (Å²) in [7, 11) is 0. The molecule has 0 saturated carbocycles. The maximum Gasteiger partial charge on any atom is 0.194 e. The molecular formula is C15H12F4O. The van der Waals surface area contributed by atoms with E-state index in [1.54, 1.807) is 6.92 Å². The Bertz CT molecular complexity index is 617. The lowest BCUT2D eigenvalue weighted by Crippen LogP contribution is -2.06. The third-order valence-electron chi connectivity index (χ3n) is 3.11. The van der Waals surface area contributed by atoms with Crippen LogP contribution in [0.5, 0.6) is 0 Å². The van der Waals surface area contributed by atoms with Crippen molar-refractivity contribution in [1.29, 1.82) is 0 Å². The van der Waals surface area contributed by atoms with Crippen LogP contribution in [0.25, 0.3) is 0 Å². The number of rotatable bonds is 3. The predicted molar refractivity (Wildman–Crippen MR) is 66.1 cm³/mol. The first-order valence-corrected chi connectivity index (χ1v) is 5.96. The number of benzene rings is 2. The summed E-state index contributed by atoms with van der Waals surface area (Å²) in [5.41, 5.74) is 1.20. The van der Waals surface area contributed by atoms with E-state index in [0.717, 1.165) is 12.1 Å². The molecule has 2 rings (SSSR count). The van der Waals surface area contributed by atoms with Crippen molar-refractivity contribution in [3.05, 3.63) is 70.3 Å². The number of aliphatic hydroxyl groups excluding tert-OH is 1. The molecule has 0 aromatic heterocycles. The topological polar surface area (TPSA) is 20.2 Å². The molecule has 0 aliphatic carbocycles. The van der Waals surface area contributed by atoms with Crippen molar-refractivity contribution < 1.29 is 22.7 Å². The Balaban J connectivity index is 2.26. The van der Waals surface area contributed by atoms with Crippen molar-refractivity contribution >= 4 is 0 Å². The molecule has 1 unspecified atom stereocenters. The lowest BCUT2D eigenvalue weighted by molar-refractivity contribution is 0.177. The fourth-order valence-electron chi connectivity index (χ4n) is 1.98. The Morgan fingerprint density at radius 2 is 1.60 bits per heavy atom. The molecule has 5 heteroatoms. The molecule has 2 aromatic carbocycles. The van der Waals surface area contributed by atoms with Crippen LogP contribution in [-0.2, 0) is 6.42 Å². The van der Waals surface area contributed by atoms with E-state index in [1.807, 2.05) is 0 Å². The molecule has 0 radical (unpaired) electrons. The first-order valence-electron chi connectivity index (χ1n) is 5.96. The van der Waals surface area contributed by atoms with Crippen LogP contribution in [0, 0.1) is 30.2 Å². The molecule has 0 saturated heterocycles. The second kappa shape index (κ2) is 5.63. The highest BCUT2D eigenvalue weighted by Gasteiger charge is 2.16. The van der Waals surface area contributed by atoms with E-state index < -0.39 is 29.4 Å². The SMILES string of the molecule is Cc1cc(F)ccc1CC(O)c1cc(F)c(F)c(F)c1. The van der Waals surface area contributed by atoms with Crippen LogP contribution in [0.1, 0.15) is 22.8 Å². The molecule has 20 heavy (non-hydrogen) atoms. The van der Waals surface area contributed by atoms with E-state index in [1.165, 1.54) is 18.2 Å². The molecule has 0 heterocycles. The van der Waals surface area contributed by atoms with Gasteiger partial charge in [-0.05, 0) is 47.9 Å². The van der Waals surface area contributed by atoms with Crippen LogP contribution in [-0.4, -0.2) is 5.11 Å².